The van der Waals surface area contributed by atoms with Crippen LogP contribution in [0.2, 0.25) is 0 Å². The molecule has 176 valence electrons. The number of hydrogen-bond acceptors (Lipinski definition) is 5. The fourth-order valence-electron chi connectivity index (χ4n) is 4.32. The zero-order valence-electron chi connectivity index (χ0n) is 19.4. The van der Waals surface area contributed by atoms with Crippen molar-refractivity contribution >= 4 is 28.5 Å². The highest BCUT2D eigenvalue weighted by atomic mass is 16.2. The molecule has 3 heterocycles. The second-order valence-electron chi connectivity index (χ2n) is 9.10. The molecule has 0 saturated carbocycles. The highest BCUT2D eigenvalue weighted by Gasteiger charge is 2.19. The molecule has 1 aliphatic rings. The highest BCUT2D eigenvalue weighted by molar-refractivity contribution is 5.80. The van der Waals surface area contributed by atoms with E-state index in [9.17, 15) is 14.4 Å². The van der Waals surface area contributed by atoms with Crippen molar-refractivity contribution in [3.05, 3.63) is 40.4 Å². The maximum atomic E-state index is 13.1. The van der Waals surface area contributed by atoms with Crippen molar-refractivity contribution in [2.45, 2.75) is 58.9 Å². The second-order valence-corrected chi connectivity index (χ2v) is 9.10. The minimum absolute atomic E-state index is 0.0584. The SMILES string of the molecule is CC(C)CCn1c(=O)c2ccccc2n2c(CCC(=O)NCCCN3CCCC3=O)nnc12. The average Bonchev–Trinajstić information content (AvgIpc) is 3.41. The summed E-state index contributed by atoms with van der Waals surface area (Å²) in [4.78, 5) is 39.0. The van der Waals surface area contributed by atoms with E-state index in [-0.39, 0.29) is 23.8 Å². The molecule has 1 N–H and O–H groups in total. The molecule has 1 fully saturated rings. The molecule has 2 aromatic heterocycles. The van der Waals surface area contributed by atoms with Crippen LogP contribution >= 0.6 is 0 Å². The van der Waals surface area contributed by atoms with Gasteiger partial charge in [-0.15, -0.1) is 10.2 Å². The lowest BCUT2D eigenvalue weighted by Crippen LogP contribution is -2.30. The van der Waals surface area contributed by atoms with Crippen LogP contribution in [-0.2, 0) is 22.6 Å². The summed E-state index contributed by atoms with van der Waals surface area (Å²) < 4.78 is 3.60. The fraction of sp³-hybridized carbons (Fsp3) is 0.542. The first-order valence-electron chi connectivity index (χ1n) is 11.9. The van der Waals surface area contributed by atoms with Gasteiger partial charge in [-0.3, -0.25) is 23.4 Å². The third kappa shape index (κ3) is 5.07. The Morgan fingerprint density at radius 1 is 1.15 bits per heavy atom. The number of carbonyl (C=O) groups excluding carboxylic acids is 2. The number of aryl methyl sites for hydroxylation is 2. The first kappa shape index (κ1) is 22.9. The molecule has 9 nitrogen and oxygen atoms in total. The minimum Gasteiger partial charge on any atom is -0.356 e. The number of aromatic nitrogens is 4. The van der Waals surface area contributed by atoms with Crippen molar-refractivity contribution in [3.8, 4) is 0 Å². The molecule has 3 aromatic rings. The van der Waals surface area contributed by atoms with E-state index < -0.39 is 0 Å². The number of rotatable bonds is 10. The minimum atomic E-state index is -0.0630. The van der Waals surface area contributed by atoms with E-state index in [1.807, 2.05) is 33.6 Å². The summed E-state index contributed by atoms with van der Waals surface area (Å²) in [5.74, 6) is 1.79. The molecule has 0 atom stereocenters. The number of nitrogens with zero attached hydrogens (tertiary/aromatic N) is 5. The smallest absolute Gasteiger partial charge is 0.262 e. The van der Waals surface area contributed by atoms with E-state index in [1.165, 1.54) is 0 Å². The fourth-order valence-corrected chi connectivity index (χ4v) is 4.32. The molecule has 9 heteroatoms. The van der Waals surface area contributed by atoms with Gasteiger partial charge in [0.15, 0.2) is 0 Å². The van der Waals surface area contributed by atoms with Crippen molar-refractivity contribution < 1.29 is 9.59 Å². The molecule has 0 unspecified atom stereocenters. The molecule has 1 aromatic carbocycles. The first-order valence-corrected chi connectivity index (χ1v) is 11.9. The molecular weight excluding hydrogens is 420 g/mol. The zero-order valence-corrected chi connectivity index (χ0v) is 19.4. The summed E-state index contributed by atoms with van der Waals surface area (Å²) in [6.45, 7) is 6.88. The Kier molecular flexibility index (Phi) is 7.05. The topological polar surface area (TPSA) is 102 Å². The Morgan fingerprint density at radius 3 is 2.73 bits per heavy atom. The molecule has 33 heavy (non-hydrogen) atoms. The Labute approximate surface area is 192 Å². The second kappa shape index (κ2) is 10.1. The van der Waals surface area contributed by atoms with Gasteiger partial charge in [-0.05, 0) is 37.3 Å². The van der Waals surface area contributed by atoms with Crippen molar-refractivity contribution in [1.82, 2.24) is 29.4 Å². The normalized spacial score (nSPS) is 14.2. The Bertz CT molecular complexity index is 1210. The number of likely N-dealkylation sites (tertiary alicyclic amines) is 1. The molecule has 1 aliphatic heterocycles. The molecule has 0 bridgehead atoms. The summed E-state index contributed by atoms with van der Waals surface area (Å²) in [7, 11) is 0. The van der Waals surface area contributed by atoms with Crippen LogP contribution in [0.1, 0.15) is 51.8 Å². The number of amides is 2. The Hall–Kier alpha value is -3.23. The third-order valence-electron chi connectivity index (χ3n) is 6.18. The van der Waals surface area contributed by atoms with Crippen molar-refractivity contribution in [2.75, 3.05) is 19.6 Å². The predicted molar refractivity (Wildman–Crippen MR) is 126 cm³/mol. The lowest BCUT2D eigenvalue weighted by Gasteiger charge is -2.15. The molecule has 0 radical (unpaired) electrons. The van der Waals surface area contributed by atoms with Crippen LogP contribution in [0.15, 0.2) is 29.1 Å². The lowest BCUT2D eigenvalue weighted by molar-refractivity contribution is -0.127. The van der Waals surface area contributed by atoms with Gasteiger partial charge in [-0.1, -0.05) is 26.0 Å². The van der Waals surface area contributed by atoms with Gasteiger partial charge in [0, 0.05) is 45.4 Å². The van der Waals surface area contributed by atoms with Gasteiger partial charge >= 0.3 is 0 Å². The number of para-hydroxylation sites is 1. The van der Waals surface area contributed by atoms with Crippen molar-refractivity contribution in [1.29, 1.82) is 0 Å². The van der Waals surface area contributed by atoms with E-state index in [2.05, 4.69) is 29.4 Å². The van der Waals surface area contributed by atoms with Gasteiger partial charge in [-0.25, -0.2) is 0 Å². The maximum Gasteiger partial charge on any atom is 0.262 e. The van der Waals surface area contributed by atoms with Gasteiger partial charge in [0.05, 0.1) is 10.9 Å². The van der Waals surface area contributed by atoms with Crippen LogP contribution in [0.4, 0.5) is 0 Å². The highest BCUT2D eigenvalue weighted by Crippen LogP contribution is 2.16. The maximum absolute atomic E-state index is 13.1. The van der Waals surface area contributed by atoms with Gasteiger partial charge in [-0.2, -0.15) is 0 Å². The van der Waals surface area contributed by atoms with Crippen LogP contribution in [0, 0.1) is 5.92 Å². The summed E-state index contributed by atoms with van der Waals surface area (Å²) in [5, 5.41) is 12.2. The Morgan fingerprint density at radius 2 is 1.97 bits per heavy atom. The van der Waals surface area contributed by atoms with Crippen LogP contribution in [0.25, 0.3) is 16.7 Å². The number of hydrogen-bond donors (Lipinski definition) is 1. The number of carbonyl (C=O) groups is 2. The van der Waals surface area contributed by atoms with E-state index in [0.717, 1.165) is 31.3 Å². The summed E-state index contributed by atoms with van der Waals surface area (Å²) in [6, 6.07) is 7.46. The molecule has 2 amide bonds. The van der Waals surface area contributed by atoms with Gasteiger partial charge in [0.1, 0.15) is 5.82 Å². The van der Waals surface area contributed by atoms with Crippen LogP contribution in [0.3, 0.4) is 0 Å². The van der Waals surface area contributed by atoms with E-state index in [0.29, 0.717) is 55.4 Å². The summed E-state index contributed by atoms with van der Waals surface area (Å²) >= 11 is 0. The van der Waals surface area contributed by atoms with Crippen LogP contribution < -0.4 is 10.9 Å². The van der Waals surface area contributed by atoms with Crippen LogP contribution in [-0.4, -0.2) is 55.5 Å². The van der Waals surface area contributed by atoms with E-state index in [4.69, 9.17) is 0 Å². The molecule has 0 spiro atoms. The summed E-state index contributed by atoms with van der Waals surface area (Å²) in [6.07, 6.45) is 3.88. The van der Waals surface area contributed by atoms with E-state index in [1.54, 1.807) is 4.57 Å². The first-order chi connectivity index (χ1) is 16.0. The zero-order chi connectivity index (χ0) is 23.4. The summed E-state index contributed by atoms with van der Waals surface area (Å²) in [5.41, 5.74) is 0.695. The lowest BCUT2D eigenvalue weighted by atomic mass is 10.1. The monoisotopic (exact) mass is 452 g/mol. The molecule has 0 aliphatic carbocycles. The van der Waals surface area contributed by atoms with Gasteiger partial charge in [0.25, 0.3) is 5.56 Å². The van der Waals surface area contributed by atoms with Crippen molar-refractivity contribution in [2.24, 2.45) is 5.92 Å². The molecule has 1 saturated heterocycles. The standard InChI is InChI=1S/C24H32N6O3/c1-17(2)12-16-29-23(33)18-7-3-4-8-19(18)30-20(26-27-24(29)30)10-11-21(31)25-13-6-15-28-14-5-9-22(28)32/h3-4,7-8,17H,5-6,9-16H2,1-2H3,(H,25,31). The predicted octanol–water partition coefficient (Wildman–Crippen LogP) is 2.15. The Balaban J connectivity index is 1.45. The van der Waals surface area contributed by atoms with Gasteiger partial charge < -0.3 is 10.2 Å². The average molecular weight is 453 g/mol. The molecule has 4 rings (SSSR count). The largest absolute Gasteiger partial charge is 0.356 e. The van der Waals surface area contributed by atoms with Gasteiger partial charge in [0.2, 0.25) is 17.6 Å². The van der Waals surface area contributed by atoms with Crippen LogP contribution in [0.5, 0.6) is 0 Å². The molecular formula is C24H32N6O3. The number of nitrogens with one attached hydrogen (secondary N) is 1. The van der Waals surface area contributed by atoms with Crippen molar-refractivity contribution in [3.63, 3.8) is 0 Å². The number of fused-ring (bicyclic) bond motifs is 3. The quantitative estimate of drug-likeness (QED) is 0.475. The number of benzene rings is 1. The van der Waals surface area contributed by atoms with E-state index >= 15 is 0 Å². The third-order valence-corrected chi connectivity index (χ3v) is 6.18.